The highest BCUT2D eigenvalue weighted by Crippen LogP contribution is 2.78. The van der Waals surface area contributed by atoms with Crippen LogP contribution in [-0.2, 0) is 10.3 Å². The van der Waals surface area contributed by atoms with E-state index in [0.717, 1.165) is 84.9 Å². The molecule has 46 heavy (non-hydrogen) atoms. The van der Waals surface area contributed by atoms with E-state index in [-0.39, 0.29) is 35.2 Å². The first kappa shape index (κ1) is 28.5. The second-order valence-electron chi connectivity index (χ2n) is 16.7. The first-order chi connectivity index (χ1) is 22.3. The molecule has 238 valence electrons. The SMILES string of the molecule is C[C@]12CC[C@H](O)C[C@@H]1CC[C@@H]1[C@@H]2CC[C@]2(C)C(=O)[C@]3(C[C@@H]12)[C@@H](c1ccccc1)[C@@H]1CSCN1[C@@]31C(=O)c2cccc3cccc1c23. The highest BCUT2D eigenvalue weighted by molar-refractivity contribution is 7.99. The van der Waals surface area contributed by atoms with Crippen molar-refractivity contribution >= 4 is 34.1 Å². The quantitative estimate of drug-likeness (QED) is 0.295. The van der Waals surface area contributed by atoms with Crippen molar-refractivity contribution in [1.82, 2.24) is 4.90 Å². The van der Waals surface area contributed by atoms with E-state index in [4.69, 9.17) is 0 Å². The minimum atomic E-state index is -0.978. The summed E-state index contributed by atoms with van der Waals surface area (Å²) in [6.07, 6.45) is 7.92. The minimum absolute atomic E-state index is 0.0256. The molecule has 0 bridgehead atoms. The number of ketones is 2. The number of nitrogens with zero attached hydrogens (tertiary/aromatic N) is 1. The van der Waals surface area contributed by atoms with Gasteiger partial charge in [0.15, 0.2) is 5.78 Å². The number of aliphatic hydroxyl groups is 1. The lowest BCUT2D eigenvalue weighted by molar-refractivity contribution is -0.146. The summed E-state index contributed by atoms with van der Waals surface area (Å²) in [5.41, 5.74) is 1.14. The summed E-state index contributed by atoms with van der Waals surface area (Å²) in [5.74, 6) is 4.20. The molecule has 5 aliphatic carbocycles. The van der Waals surface area contributed by atoms with Gasteiger partial charge >= 0.3 is 0 Å². The molecule has 2 spiro atoms. The van der Waals surface area contributed by atoms with E-state index in [0.29, 0.717) is 23.5 Å². The molecule has 0 amide bonds. The summed E-state index contributed by atoms with van der Waals surface area (Å²) in [6, 6.07) is 23.7. The van der Waals surface area contributed by atoms with Crippen LogP contribution in [0.25, 0.3) is 10.8 Å². The lowest BCUT2D eigenvalue weighted by atomic mass is 9.45. The van der Waals surface area contributed by atoms with Gasteiger partial charge in [0.05, 0.1) is 11.5 Å². The van der Waals surface area contributed by atoms with Gasteiger partial charge in [-0.3, -0.25) is 14.5 Å². The molecule has 1 N–H and O–H groups in total. The monoisotopic (exact) mass is 631 g/mol. The van der Waals surface area contributed by atoms with Crippen molar-refractivity contribution < 1.29 is 14.7 Å². The molecule has 4 nitrogen and oxygen atoms in total. The molecule has 0 unspecified atom stereocenters. The van der Waals surface area contributed by atoms with Crippen molar-refractivity contribution in [2.24, 2.45) is 39.9 Å². The maximum atomic E-state index is 16.1. The Morgan fingerprint density at radius 2 is 1.67 bits per heavy atom. The lowest BCUT2D eigenvalue weighted by Crippen LogP contribution is -2.58. The first-order valence-electron chi connectivity index (χ1n) is 18.0. The first-order valence-corrected chi connectivity index (χ1v) is 19.1. The third-order valence-electron chi connectivity index (χ3n) is 15.4. The Labute approximate surface area is 276 Å². The largest absolute Gasteiger partial charge is 0.393 e. The van der Waals surface area contributed by atoms with Gasteiger partial charge < -0.3 is 5.11 Å². The summed E-state index contributed by atoms with van der Waals surface area (Å²) >= 11 is 1.94. The number of Topliss-reactive ketones (excluding diaryl/α,β-unsaturated/α-hetero) is 2. The van der Waals surface area contributed by atoms with Crippen molar-refractivity contribution in [2.45, 2.75) is 88.8 Å². The Morgan fingerprint density at radius 1 is 0.870 bits per heavy atom. The van der Waals surface area contributed by atoms with Crippen LogP contribution in [0.4, 0.5) is 0 Å². The van der Waals surface area contributed by atoms with Crippen molar-refractivity contribution in [1.29, 1.82) is 0 Å². The molecule has 0 aromatic heterocycles. The molecule has 2 saturated heterocycles. The molecule has 3 aromatic rings. The second kappa shape index (κ2) is 9.36. The van der Waals surface area contributed by atoms with Crippen LogP contribution in [0.5, 0.6) is 0 Å². The lowest BCUT2D eigenvalue weighted by Gasteiger charge is -2.60. The number of rotatable bonds is 1. The number of carbonyl (C=O) groups excluding carboxylic acids is 2. The highest BCUT2D eigenvalue weighted by atomic mass is 32.2. The summed E-state index contributed by atoms with van der Waals surface area (Å²) in [4.78, 5) is 34.2. The summed E-state index contributed by atoms with van der Waals surface area (Å²) in [6.45, 7) is 4.86. The normalized spacial score (nSPS) is 45.8. The Bertz CT molecular complexity index is 1800. The van der Waals surface area contributed by atoms with Crippen LogP contribution >= 0.6 is 11.8 Å². The molecule has 2 heterocycles. The van der Waals surface area contributed by atoms with Crippen LogP contribution in [0.2, 0.25) is 0 Å². The van der Waals surface area contributed by atoms with Crippen LogP contribution in [0.3, 0.4) is 0 Å². The molecule has 3 aromatic carbocycles. The fourth-order valence-electron chi connectivity index (χ4n) is 13.7. The van der Waals surface area contributed by atoms with Gasteiger partial charge in [-0.2, -0.15) is 0 Å². The predicted octanol–water partition coefficient (Wildman–Crippen LogP) is 7.97. The number of hydrogen-bond acceptors (Lipinski definition) is 5. The molecular weight excluding hydrogens is 587 g/mol. The highest BCUT2D eigenvalue weighted by Gasteiger charge is 2.82. The maximum absolute atomic E-state index is 16.1. The molecule has 5 heteroatoms. The number of benzene rings is 3. The second-order valence-corrected chi connectivity index (χ2v) is 17.7. The number of fused-ring (bicyclic) bond motifs is 9. The molecule has 10 rings (SSSR count). The van der Waals surface area contributed by atoms with Crippen LogP contribution < -0.4 is 0 Å². The molecule has 11 atom stereocenters. The predicted molar refractivity (Wildman–Crippen MR) is 183 cm³/mol. The Morgan fingerprint density at radius 3 is 2.50 bits per heavy atom. The minimum Gasteiger partial charge on any atom is -0.393 e. The maximum Gasteiger partial charge on any atom is 0.189 e. The average Bonchev–Trinajstić information content (AvgIpc) is 3.76. The molecule has 2 aliphatic heterocycles. The van der Waals surface area contributed by atoms with Gasteiger partial charge in [0, 0.05) is 34.6 Å². The zero-order valence-corrected chi connectivity index (χ0v) is 27.9. The molecular formula is C41H45NO3S. The molecule has 0 radical (unpaired) electrons. The van der Waals surface area contributed by atoms with Crippen molar-refractivity contribution in [3.8, 4) is 0 Å². The van der Waals surface area contributed by atoms with Crippen molar-refractivity contribution in [3.63, 3.8) is 0 Å². The van der Waals surface area contributed by atoms with E-state index in [2.05, 4.69) is 73.3 Å². The zero-order chi connectivity index (χ0) is 31.2. The van der Waals surface area contributed by atoms with Gasteiger partial charge in [-0.25, -0.2) is 0 Å². The van der Waals surface area contributed by atoms with Gasteiger partial charge in [0.1, 0.15) is 11.3 Å². The summed E-state index contributed by atoms with van der Waals surface area (Å²) in [5, 5.41) is 12.8. The van der Waals surface area contributed by atoms with Crippen LogP contribution in [-0.4, -0.2) is 45.3 Å². The number of hydrogen-bond donors (Lipinski definition) is 1. The third-order valence-corrected chi connectivity index (χ3v) is 16.5. The Hall–Kier alpha value is -2.47. The van der Waals surface area contributed by atoms with E-state index in [1.54, 1.807) is 0 Å². The van der Waals surface area contributed by atoms with E-state index in [1.165, 1.54) is 5.56 Å². The molecule has 6 fully saturated rings. The van der Waals surface area contributed by atoms with Gasteiger partial charge in [-0.15, -0.1) is 11.8 Å². The van der Waals surface area contributed by atoms with Gasteiger partial charge in [0.2, 0.25) is 0 Å². The van der Waals surface area contributed by atoms with Crippen molar-refractivity contribution in [2.75, 3.05) is 11.6 Å². The molecule has 7 aliphatic rings. The zero-order valence-electron chi connectivity index (χ0n) is 27.1. The van der Waals surface area contributed by atoms with Crippen molar-refractivity contribution in [3.05, 3.63) is 83.4 Å². The number of carbonyl (C=O) groups is 2. The standard InChI is InChI=1S/C41H45NO3S/c1-38-18-16-27(43)20-26(38)14-15-28-30(38)17-19-39(2)32(28)21-40(37(39)45)35(25-8-4-3-5-9-25)33-22-46-23-42(33)41(40)31-13-7-11-24-10-6-12-29(34(24)31)36(41)44/h3-13,26-28,30,32-33,35,43H,14-23H2,1-2H3/t26-,27-,28+,30-,32-,33-,35-,38-,39-,40-,41-/m0/s1. The van der Waals surface area contributed by atoms with Crippen LogP contribution in [0.1, 0.15) is 92.6 Å². The topological polar surface area (TPSA) is 57.6 Å². The van der Waals surface area contributed by atoms with E-state index >= 15 is 9.59 Å². The van der Waals surface area contributed by atoms with Gasteiger partial charge in [0.25, 0.3) is 0 Å². The summed E-state index contributed by atoms with van der Waals surface area (Å²) < 4.78 is 0. The number of aliphatic hydroxyl groups excluding tert-OH is 1. The Balaban J connectivity index is 1.21. The van der Waals surface area contributed by atoms with Crippen LogP contribution in [0.15, 0.2) is 66.7 Å². The number of thioether (sulfide) groups is 1. The third kappa shape index (κ3) is 3.09. The summed E-state index contributed by atoms with van der Waals surface area (Å²) in [7, 11) is 0. The Kier molecular flexibility index (Phi) is 5.81. The van der Waals surface area contributed by atoms with E-state index in [1.807, 2.05) is 23.9 Å². The molecule has 4 saturated carbocycles. The van der Waals surface area contributed by atoms with E-state index < -0.39 is 16.4 Å². The fraction of sp³-hybridized carbons (Fsp3) is 0.561. The van der Waals surface area contributed by atoms with Crippen LogP contribution in [0, 0.1) is 39.9 Å². The van der Waals surface area contributed by atoms with Gasteiger partial charge in [-0.05, 0) is 102 Å². The average molecular weight is 632 g/mol. The fourth-order valence-corrected chi connectivity index (χ4v) is 15.0. The smallest absolute Gasteiger partial charge is 0.189 e. The van der Waals surface area contributed by atoms with Gasteiger partial charge in [-0.1, -0.05) is 80.6 Å². The van der Waals surface area contributed by atoms with E-state index in [9.17, 15) is 5.11 Å².